The highest BCUT2D eigenvalue weighted by Gasteiger charge is 2.30. The molecule has 1 aliphatic rings. The van der Waals surface area contributed by atoms with Crippen molar-refractivity contribution < 1.29 is 4.79 Å². The second-order valence-electron chi connectivity index (χ2n) is 5.63. The standard InChI is InChI=1S/C17H21NO/c1-4-18-14-9-5-7-11(2)16(14)17-13(12(3)19)8-6-10-15(17)18/h5,7,9,13H,4,6,8,10H2,1-3H3. The molecule has 0 spiro atoms. The van der Waals surface area contributed by atoms with Gasteiger partial charge in [0.2, 0.25) is 0 Å². The van der Waals surface area contributed by atoms with Crippen molar-refractivity contribution in [2.75, 3.05) is 0 Å². The molecule has 1 atom stereocenters. The number of carbonyl (C=O) groups is 1. The van der Waals surface area contributed by atoms with E-state index in [0.29, 0.717) is 5.78 Å². The summed E-state index contributed by atoms with van der Waals surface area (Å²) >= 11 is 0. The molecule has 0 amide bonds. The van der Waals surface area contributed by atoms with Gasteiger partial charge in [0.05, 0.1) is 0 Å². The first kappa shape index (κ1) is 12.5. The summed E-state index contributed by atoms with van der Waals surface area (Å²) in [6, 6.07) is 6.48. The van der Waals surface area contributed by atoms with Gasteiger partial charge >= 0.3 is 0 Å². The molecule has 1 unspecified atom stereocenters. The van der Waals surface area contributed by atoms with Gasteiger partial charge in [-0.15, -0.1) is 0 Å². The molecule has 19 heavy (non-hydrogen) atoms. The minimum absolute atomic E-state index is 0.111. The third-order valence-corrected chi connectivity index (χ3v) is 4.51. The van der Waals surface area contributed by atoms with Crippen LogP contribution in [-0.2, 0) is 17.8 Å². The van der Waals surface area contributed by atoms with Crippen LogP contribution in [0.15, 0.2) is 18.2 Å². The van der Waals surface area contributed by atoms with Gasteiger partial charge in [0.15, 0.2) is 0 Å². The molecule has 1 heterocycles. The van der Waals surface area contributed by atoms with Crippen LogP contribution < -0.4 is 0 Å². The SMILES string of the molecule is CCn1c2c(c3c(C)cccc31)C(C(C)=O)CCC2. The van der Waals surface area contributed by atoms with Crippen molar-refractivity contribution in [1.82, 2.24) is 4.57 Å². The summed E-state index contributed by atoms with van der Waals surface area (Å²) in [5, 5.41) is 1.33. The van der Waals surface area contributed by atoms with Gasteiger partial charge in [0, 0.05) is 29.1 Å². The monoisotopic (exact) mass is 255 g/mol. The smallest absolute Gasteiger partial charge is 0.137 e. The topological polar surface area (TPSA) is 22.0 Å². The molecule has 2 heteroatoms. The second kappa shape index (κ2) is 4.52. The largest absolute Gasteiger partial charge is 0.345 e. The van der Waals surface area contributed by atoms with Crippen molar-refractivity contribution in [2.45, 2.75) is 52.5 Å². The number of Topliss-reactive ketones (excluding diaryl/α,β-unsaturated/α-hetero) is 1. The van der Waals surface area contributed by atoms with E-state index < -0.39 is 0 Å². The predicted octanol–water partition coefficient (Wildman–Crippen LogP) is 3.98. The van der Waals surface area contributed by atoms with E-state index in [9.17, 15) is 4.79 Å². The first-order valence-electron chi connectivity index (χ1n) is 7.26. The normalized spacial score (nSPS) is 18.6. The molecule has 0 bridgehead atoms. The van der Waals surface area contributed by atoms with Crippen molar-refractivity contribution in [3.05, 3.63) is 35.0 Å². The van der Waals surface area contributed by atoms with Gasteiger partial charge < -0.3 is 4.57 Å². The maximum absolute atomic E-state index is 12.0. The molecular formula is C17H21NO. The van der Waals surface area contributed by atoms with Crippen LogP contribution >= 0.6 is 0 Å². The highest BCUT2D eigenvalue weighted by molar-refractivity contribution is 5.95. The van der Waals surface area contributed by atoms with Gasteiger partial charge in [-0.05, 0) is 57.2 Å². The number of aryl methyl sites for hydroxylation is 2. The highest BCUT2D eigenvalue weighted by Crippen LogP contribution is 2.40. The van der Waals surface area contributed by atoms with Crippen LogP contribution in [0.3, 0.4) is 0 Å². The van der Waals surface area contributed by atoms with Gasteiger partial charge in [-0.2, -0.15) is 0 Å². The molecule has 0 N–H and O–H groups in total. The zero-order chi connectivity index (χ0) is 13.6. The molecule has 1 aromatic carbocycles. The number of rotatable bonds is 2. The number of aromatic nitrogens is 1. The first-order chi connectivity index (χ1) is 9.15. The first-order valence-corrected chi connectivity index (χ1v) is 7.26. The van der Waals surface area contributed by atoms with Crippen LogP contribution in [0, 0.1) is 6.92 Å². The van der Waals surface area contributed by atoms with E-state index in [4.69, 9.17) is 0 Å². The van der Waals surface area contributed by atoms with Gasteiger partial charge in [-0.1, -0.05) is 12.1 Å². The van der Waals surface area contributed by atoms with Crippen molar-refractivity contribution in [2.24, 2.45) is 0 Å². The average molecular weight is 255 g/mol. The van der Waals surface area contributed by atoms with E-state index in [0.717, 1.165) is 25.8 Å². The molecule has 0 saturated carbocycles. The zero-order valence-electron chi connectivity index (χ0n) is 12.0. The van der Waals surface area contributed by atoms with Crippen molar-refractivity contribution >= 4 is 16.7 Å². The number of fused-ring (bicyclic) bond motifs is 3. The molecular weight excluding hydrogens is 234 g/mol. The van der Waals surface area contributed by atoms with Crippen molar-refractivity contribution in [3.63, 3.8) is 0 Å². The summed E-state index contributed by atoms with van der Waals surface area (Å²) in [6.45, 7) is 7.08. The molecule has 2 aromatic rings. The maximum Gasteiger partial charge on any atom is 0.137 e. The summed E-state index contributed by atoms with van der Waals surface area (Å²) in [5.41, 5.74) is 5.33. The summed E-state index contributed by atoms with van der Waals surface area (Å²) in [7, 11) is 0. The van der Waals surface area contributed by atoms with E-state index in [1.165, 1.54) is 27.7 Å². The van der Waals surface area contributed by atoms with Crippen molar-refractivity contribution in [1.29, 1.82) is 0 Å². The molecule has 0 aliphatic heterocycles. The van der Waals surface area contributed by atoms with E-state index >= 15 is 0 Å². The van der Waals surface area contributed by atoms with Crippen LogP contribution in [0.25, 0.3) is 10.9 Å². The minimum atomic E-state index is 0.111. The fraction of sp³-hybridized carbons (Fsp3) is 0.471. The van der Waals surface area contributed by atoms with Crippen molar-refractivity contribution in [3.8, 4) is 0 Å². The summed E-state index contributed by atoms with van der Waals surface area (Å²) in [4.78, 5) is 12.0. The number of ketones is 1. The Bertz CT molecular complexity index is 651. The molecule has 2 nitrogen and oxygen atoms in total. The van der Waals surface area contributed by atoms with E-state index in [2.05, 4.69) is 36.6 Å². The molecule has 0 fully saturated rings. The van der Waals surface area contributed by atoms with Crippen LogP contribution in [-0.4, -0.2) is 10.4 Å². The number of carbonyl (C=O) groups excluding carboxylic acids is 1. The van der Waals surface area contributed by atoms with Crippen LogP contribution in [0.4, 0.5) is 0 Å². The molecule has 100 valence electrons. The molecule has 1 aromatic heterocycles. The third kappa shape index (κ3) is 1.73. The Balaban J connectivity index is 2.40. The number of hydrogen-bond donors (Lipinski definition) is 0. The van der Waals surface area contributed by atoms with E-state index in [-0.39, 0.29) is 5.92 Å². The fourth-order valence-electron chi connectivity index (χ4n) is 3.69. The number of benzene rings is 1. The highest BCUT2D eigenvalue weighted by atomic mass is 16.1. The van der Waals surface area contributed by atoms with Crippen LogP contribution in [0.5, 0.6) is 0 Å². The van der Waals surface area contributed by atoms with Crippen LogP contribution in [0.1, 0.15) is 49.4 Å². The van der Waals surface area contributed by atoms with Gasteiger partial charge in [-0.3, -0.25) is 4.79 Å². The van der Waals surface area contributed by atoms with Gasteiger partial charge in [0.1, 0.15) is 5.78 Å². The van der Waals surface area contributed by atoms with Gasteiger partial charge in [-0.25, -0.2) is 0 Å². The Morgan fingerprint density at radius 2 is 2.21 bits per heavy atom. The lowest BCUT2D eigenvalue weighted by atomic mass is 9.82. The van der Waals surface area contributed by atoms with E-state index in [1.54, 1.807) is 6.92 Å². The summed E-state index contributed by atoms with van der Waals surface area (Å²) in [6.07, 6.45) is 3.26. The zero-order valence-corrected chi connectivity index (χ0v) is 12.0. The lowest BCUT2D eigenvalue weighted by Gasteiger charge is -2.22. The maximum atomic E-state index is 12.0. The molecule has 1 aliphatic carbocycles. The summed E-state index contributed by atoms with van der Waals surface area (Å²) in [5.74, 6) is 0.430. The molecule has 0 radical (unpaired) electrons. The second-order valence-corrected chi connectivity index (χ2v) is 5.63. The van der Waals surface area contributed by atoms with Gasteiger partial charge in [0.25, 0.3) is 0 Å². The Morgan fingerprint density at radius 3 is 2.89 bits per heavy atom. The third-order valence-electron chi connectivity index (χ3n) is 4.51. The lowest BCUT2D eigenvalue weighted by Crippen LogP contribution is -2.17. The Kier molecular flexibility index (Phi) is 2.96. The number of nitrogens with zero attached hydrogens (tertiary/aromatic N) is 1. The quantitative estimate of drug-likeness (QED) is 0.795. The predicted molar refractivity (Wildman–Crippen MR) is 78.7 cm³/mol. The van der Waals surface area contributed by atoms with E-state index in [1.807, 2.05) is 0 Å². The molecule has 0 saturated heterocycles. The lowest BCUT2D eigenvalue weighted by molar-refractivity contribution is -0.118. The Hall–Kier alpha value is -1.57. The summed E-state index contributed by atoms with van der Waals surface area (Å²) < 4.78 is 2.41. The average Bonchev–Trinajstić information content (AvgIpc) is 2.73. The Labute approximate surface area is 114 Å². The number of hydrogen-bond acceptors (Lipinski definition) is 1. The Morgan fingerprint density at radius 1 is 1.42 bits per heavy atom. The minimum Gasteiger partial charge on any atom is -0.345 e. The molecule has 3 rings (SSSR count). The fourth-order valence-corrected chi connectivity index (χ4v) is 3.69. The van der Waals surface area contributed by atoms with Crippen LogP contribution in [0.2, 0.25) is 0 Å².